The van der Waals surface area contributed by atoms with Gasteiger partial charge in [-0.2, -0.15) is 0 Å². The first-order chi connectivity index (χ1) is 11.0. The summed E-state index contributed by atoms with van der Waals surface area (Å²) >= 11 is 1.44. The molecule has 2 heterocycles. The lowest BCUT2D eigenvalue weighted by Crippen LogP contribution is -2.21. The molecule has 1 N–H and O–H groups in total. The van der Waals surface area contributed by atoms with Crippen LogP contribution in [0.3, 0.4) is 0 Å². The normalized spacial score (nSPS) is 17.3. The number of carbonyl (C=O) groups is 1. The number of hydrogen-bond acceptors (Lipinski definition) is 6. The molecule has 3 rings (SSSR count). The van der Waals surface area contributed by atoms with Gasteiger partial charge in [-0.25, -0.2) is 4.79 Å². The van der Waals surface area contributed by atoms with E-state index in [0.717, 1.165) is 10.9 Å². The highest BCUT2D eigenvalue weighted by molar-refractivity contribution is 8.14. The highest BCUT2D eigenvalue weighted by atomic mass is 32.2. The van der Waals surface area contributed by atoms with Gasteiger partial charge in [0, 0.05) is 17.2 Å². The molecule has 0 fully saturated rings. The number of thioether (sulfide) groups is 1. The second-order valence-corrected chi connectivity index (χ2v) is 6.21. The number of aliphatic imine (C=N–C) groups is 1. The van der Waals surface area contributed by atoms with Crippen LogP contribution in [0.5, 0.6) is 0 Å². The quantitative estimate of drug-likeness (QED) is 0.527. The van der Waals surface area contributed by atoms with Crippen LogP contribution in [0.1, 0.15) is 18.2 Å². The maximum Gasteiger partial charge on any atom is 0.331 e. The first-order valence-corrected chi connectivity index (χ1v) is 8.13. The fourth-order valence-electron chi connectivity index (χ4n) is 2.51. The molecule has 1 aromatic heterocycles. The van der Waals surface area contributed by atoms with Crippen molar-refractivity contribution in [1.82, 2.24) is 4.98 Å². The molecular weight excluding hydrogens is 318 g/mol. The molecular formula is C15H15N3O4S. The molecule has 120 valence electrons. The number of aryl methyl sites for hydroxylation is 1. The van der Waals surface area contributed by atoms with E-state index in [-0.39, 0.29) is 11.7 Å². The van der Waals surface area contributed by atoms with Crippen molar-refractivity contribution in [3.63, 3.8) is 0 Å². The van der Waals surface area contributed by atoms with Gasteiger partial charge in [-0.3, -0.25) is 15.1 Å². The number of esters is 1. The number of hydrogen-bond donors (Lipinski definition) is 1. The maximum atomic E-state index is 11.7. The van der Waals surface area contributed by atoms with E-state index in [2.05, 4.69) is 9.98 Å². The summed E-state index contributed by atoms with van der Waals surface area (Å²) in [6.45, 7) is 3.89. The lowest BCUT2D eigenvalue weighted by atomic mass is 10.1. The lowest BCUT2D eigenvalue weighted by Gasteiger charge is -2.03. The van der Waals surface area contributed by atoms with Crippen LogP contribution in [0.2, 0.25) is 0 Å². The largest absolute Gasteiger partial charge is 0.464 e. The monoisotopic (exact) mass is 333 g/mol. The van der Waals surface area contributed by atoms with Gasteiger partial charge < -0.3 is 9.72 Å². The fraction of sp³-hybridized carbons (Fsp3) is 0.333. The Morgan fingerprint density at radius 3 is 3.00 bits per heavy atom. The van der Waals surface area contributed by atoms with E-state index in [1.807, 2.05) is 19.1 Å². The van der Waals surface area contributed by atoms with Crippen LogP contribution in [-0.4, -0.2) is 39.3 Å². The second kappa shape index (κ2) is 6.04. The van der Waals surface area contributed by atoms with Crippen LogP contribution in [0, 0.1) is 17.0 Å². The van der Waals surface area contributed by atoms with Crippen LogP contribution in [0.4, 0.5) is 5.69 Å². The van der Waals surface area contributed by atoms with Crippen molar-refractivity contribution in [3.8, 4) is 0 Å². The van der Waals surface area contributed by atoms with E-state index in [1.54, 1.807) is 6.92 Å². The molecule has 0 spiro atoms. The summed E-state index contributed by atoms with van der Waals surface area (Å²) in [4.78, 5) is 30.0. The standard InChI is InChI=1S/C15H15N3O4S/c1-3-22-15(19)11-7-23-14(17-11)10-6-9-4-8(2)5-12(18(20)21)13(9)16-10/h4-6,11,16H,3,7H2,1-2H3/t11-/m0/s1. The highest BCUT2D eigenvalue weighted by Gasteiger charge is 2.28. The molecule has 1 aliphatic heterocycles. The first-order valence-electron chi connectivity index (χ1n) is 7.15. The van der Waals surface area contributed by atoms with E-state index in [1.165, 1.54) is 17.8 Å². The van der Waals surface area contributed by atoms with Gasteiger partial charge in [-0.1, -0.05) is 0 Å². The van der Waals surface area contributed by atoms with Crippen molar-refractivity contribution in [2.75, 3.05) is 12.4 Å². The van der Waals surface area contributed by atoms with Crippen molar-refractivity contribution in [3.05, 3.63) is 39.6 Å². The molecule has 1 aromatic carbocycles. The van der Waals surface area contributed by atoms with Gasteiger partial charge in [0.1, 0.15) is 10.6 Å². The van der Waals surface area contributed by atoms with Crippen LogP contribution in [-0.2, 0) is 9.53 Å². The molecule has 1 aliphatic rings. The van der Waals surface area contributed by atoms with Gasteiger partial charge in [0.15, 0.2) is 6.04 Å². The van der Waals surface area contributed by atoms with Crippen LogP contribution in [0.25, 0.3) is 10.9 Å². The number of nitrogens with zero attached hydrogens (tertiary/aromatic N) is 2. The number of benzene rings is 1. The van der Waals surface area contributed by atoms with Crippen LogP contribution in [0.15, 0.2) is 23.2 Å². The molecule has 0 aliphatic carbocycles. The smallest absolute Gasteiger partial charge is 0.331 e. The summed E-state index contributed by atoms with van der Waals surface area (Å²) in [5.41, 5.74) is 2.01. The number of aromatic amines is 1. The van der Waals surface area contributed by atoms with Gasteiger partial charge in [0.25, 0.3) is 5.69 Å². The summed E-state index contributed by atoms with van der Waals surface area (Å²) in [6.07, 6.45) is 0. The molecule has 1 atom stereocenters. The van der Waals surface area contributed by atoms with Gasteiger partial charge in [0.05, 0.1) is 17.2 Å². The molecule has 23 heavy (non-hydrogen) atoms. The molecule has 0 saturated heterocycles. The Bertz CT molecular complexity index is 827. The summed E-state index contributed by atoms with van der Waals surface area (Å²) < 4.78 is 4.98. The molecule has 0 saturated carbocycles. The van der Waals surface area contributed by atoms with Crippen LogP contribution >= 0.6 is 11.8 Å². The predicted molar refractivity (Wildman–Crippen MR) is 89.1 cm³/mol. The fourth-order valence-corrected chi connectivity index (χ4v) is 3.50. The Kier molecular flexibility index (Phi) is 4.08. The molecule has 8 heteroatoms. The molecule has 2 aromatic rings. The second-order valence-electron chi connectivity index (χ2n) is 5.20. The summed E-state index contributed by atoms with van der Waals surface area (Å²) in [6, 6.07) is 4.73. The molecule has 0 radical (unpaired) electrons. The van der Waals surface area contributed by atoms with Crippen molar-refractivity contribution in [2.24, 2.45) is 4.99 Å². The zero-order chi connectivity index (χ0) is 16.6. The third-order valence-electron chi connectivity index (χ3n) is 3.49. The van der Waals surface area contributed by atoms with E-state index >= 15 is 0 Å². The average molecular weight is 333 g/mol. The van der Waals surface area contributed by atoms with Crippen molar-refractivity contribution >= 4 is 39.4 Å². The Balaban J connectivity index is 1.98. The number of nitro benzene ring substituents is 1. The van der Waals surface area contributed by atoms with Gasteiger partial charge in [-0.05, 0) is 31.5 Å². The first kappa shape index (κ1) is 15.5. The van der Waals surface area contributed by atoms with Crippen LogP contribution < -0.4 is 0 Å². The number of H-pyrrole nitrogens is 1. The number of nitrogens with one attached hydrogen (secondary N) is 1. The van der Waals surface area contributed by atoms with E-state index in [4.69, 9.17) is 4.74 Å². The molecule has 7 nitrogen and oxygen atoms in total. The lowest BCUT2D eigenvalue weighted by molar-refractivity contribution is -0.383. The number of rotatable bonds is 4. The average Bonchev–Trinajstić information content (AvgIpc) is 3.12. The third kappa shape index (κ3) is 2.94. The highest BCUT2D eigenvalue weighted by Crippen LogP contribution is 2.31. The Morgan fingerprint density at radius 1 is 1.52 bits per heavy atom. The van der Waals surface area contributed by atoms with Crippen molar-refractivity contribution in [2.45, 2.75) is 19.9 Å². The summed E-state index contributed by atoms with van der Waals surface area (Å²) in [5.74, 6) is 0.179. The van der Waals surface area contributed by atoms with Crippen molar-refractivity contribution in [1.29, 1.82) is 0 Å². The number of aromatic nitrogens is 1. The Labute approximate surface area is 136 Å². The Morgan fingerprint density at radius 2 is 2.30 bits per heavy atom. The molecule has 0 unspecified atom stereocenters. The van der Waals surface area contributed by atoms with E-state index < -0.39 is 11.0 Å². The number of nitro groups is 1. The topological polar surface area (TPSA) is 97.6 Å². The third-order valence-corrected chi connectivity index (χ3v) is 4.57. The zero-order valence-electron chi connectivity index (χ0n) is 12.7. The minimum atomic E-state index is -0.516. The number of ether oxygens (including phenoxy) is 1. The van der Waals surface area contributed by atoms with Crippen molar-refractivity contribution < 1.29 is 14.5 Å². The zero-order valence-corrected chi connectivity index (χ0v) is 13.5. The number of non-ortho nitro benzene ring substituents is 1. The van der Waals surface area contributed by atoms with E-state index in [9.17, 15) is 14.9 Å². The SMILES string of the molecule is CCOC(=O)[C@@H]1CSC(c2cc3cc(C)cc([N+](=O)[O-])c3[nH]2)=N1. The maximum absolute atomic E-state index is 11.7. The minimum Gasteiger partial charge on any atom is -0.464 e. The van der Waals surface area contributed by atoms with Gasteiger partial charge >= 0.3 is 5.97 Å². The summed E-state index contributed by atoms with van der Waals surface area (Å²) in [5, 5.41) is 12.6. The predicted octanol–water partition coefficient (Wildman–Crippen LogP) is 2.81. The summed E-state index contributed by atoms with van der Waals surface area (Å²) in [7, 11) is 0. The van der Waals surface area contributed by atoms with Gasteiger partial charge in [0.2, 0.25) is 0 Å². The molecule has 0 bridgehead atoms. The molecule has 0 amide bonds. The Hall–Kier alpha value is -2.35. The van der Waals surface area contributed by atoms with E-state index in [0.29, 0.717) is 28.6 Å². The number of carbonyl (C=O) groups excluding carboxylic acids is 1. The minimum absolute atomic E-state index is 0.0387. The van der Waals surface area contributed by atoms with Gasteiger partial charge in [-0.15, -0.1) is 11.8 Å². The number of fused-ring (bicyclic) bond motifs is 1.